The van der Waals surface area contributed by atoms with Crippen LogP contribution in [0.5, 0.6) is 11.5 Å². The summed E-state index contributed by atoms with van der Waals surface area (Å²) in [6, 6.07) is 11.2. The van der Waals surface area contributed by atoms with E-state index in [4.69, 9.17) is 42.5 Å². The summed E-state index contributed by atoms with van der Waals surface area (Å²) in [5.41, 5.74) is 1.92. The molecular formula is C20H25Cl2NO4. The van der Waals surface area contributed by atoms with Crippen LogP contribution >= 0.6 is 23.2 Å². The summed E-state index contributed by atoms with van der Waals surface area (Å²) in [7, 11) is 0. The van der Waals surface area contributed by atoms with Gasteiger partial charge in [-0.3, -0.25) is 0 Å². The first-order valence-corrected chi connectivity index (χ1v) is 9.61. The minimum absolute atomic E-state index is 0.0288. The summed E-state index contributed by atoms with van der Waals surface area (Å²) in [6.07, 6.45) is 0. The fourth-order valence-corrected chi connectivity index (χ4v) is 2.72. The third-order valence-electron chi connectivity index (χ3n) is 3.69. The highest BCUT2D eigenvalue weighted by Gasteiger charge is 2.11. The van der Waals surface area contributed by atoms with E-state index in [1.54, 1.807) is 6.07 Å². The molecule has 0 radical (unpaired) electrons. The van der Waals surface area contributed by atoms with Crippen molar-refractivity contribution in [3.05, 3.63) is 57.6 Å². The molecule has 0 unspecified atom stereocenters. The van der Waals surface area contributed by atoms with Crippen LogP contribution in [0.1, 0.15) is 18.1 Å². The lowest BCUT2D eigenvalue weighted by Gasteiger charge is -2.15. The molecule has 0 aliphatic heterocycles. The second kappa shape index (κ2) is 12.1. The van der Waals surface area contributed by atoms with Gasteiger partial charge >= 0.3 is 0 Å². The molecule has 27 heavy (non-hydrogen) atoms. The normalized spacial score (nSPS) is 10.8. The standard InChI is InChI=1S/C20H25Cl2NO4/c1-2-26-19-11-16(13-23-7-9-25-10-8-24)18(22)12-20(19)27-14-15-3-5-17(21)6-4-15/h3-6,11-12,23-24H,2,7-10,13-14H2,1H3. The summed E-state index contributed by atoms with van der Waals surface area (Å²) in [5, 5.41) is 13.2. The van der Waals surface area contributed by atoms with Gasteiger partial charge in [0.15, 0.2) is 11.5 Å². The second-order valence-corrected chi connectivity index (χ2v) is 6.59. The fraction of sp³-hybridized carbons (Fsp3) is 0.400. The number of halogens is 2. The third-order valence-corrected chi connectivity index (χ3v) is 4.30. The van der Waals surface area contributed by atoms with E-state index in [-0.39, 0.29) is 6.61 Å². The molecule has 0 saturated carbocycles. The first kappa shape index (κ1) is 21.8. The van der Waals surface area contributed by atoms with E-state index in [2.05, 4.69) is 5.32 Å². The zero-order valence-electron chi connectivity index (χ0n) is 15.3. The first-order valence-electron chi connectivity index (χ1n) is 8.85. The van der Waals surface area contributed by atoms with Crippen molar-refractivity contribution in [2.45, 2.75) is 20.1 Å². The second-order valence-electron chi connectivity index (χ2n) is 5.75. The summed E-state index contributed by atoms with van der Waals surface area (Å²) in [5.74, 6) is 1.26. The predicted octanol–water partition coefficient (Wildman–Crippen LogP) is 4.07. The zero-order valence-corrected chi connectivity index (χ0v) is 16.9. The van der Waals surface area contributed by atoms with Crippen molar-refractivity contribution in [1.82, 2.24) is 5.32 Å². The van der Waals surface area contributed by atoms with E-state index >= 15 is 0 Å². The van der Waals surface area contributed by atoms with Crippen molar-refractivity contribution in [2.24, 2.45) is 0 Å². The van der Waals surface area contributed by atoms with Crippen LogP contribution in [0.2, 0.25) is 10.0 Å². The number of ether oxygens (including phenoxy) is 3. The molecule has 2 aromatic carbocycles. The van der Waals surface area contributed by atoms with Gasteiger partial charge in [-0.25, -0.2) is 0 Å². The molecule has 7 heteroatoms. The van der Waals surface area contributed by atoms with E-state index < -0.39 is 0 Å². The molecule has 2 rings (SSSR count). The lowest BCUT2D eigenvalue weighted by atomic mass is 10.2. The zero-order chi connectivity index (χ0) is 19.5. The lowest BCUT2D eigenvalue weighted by molar-refractivity contribution is 0.0938. The Bertz CT molecular complexity index is 695. The Kier molecular flexibility index (Phi) is 9.73. The van der Waals surface area contributed by atoms with Gasteiger partial charge < -0.3 is 24.6 Å². The maximum atomic E-state index is 8.68. The topological polar surface area (TPSA) is 60.0 Å². The quantitative estimate of drug-likeness (QED) is 0.513. The van der Waals surface area contributed by atoms with Crippen LogP contribution in [0.25, 0.3) is 0 Å². The molecule has 0 atom stereocenters. The van der Waals surface area contributed by atoms with Gasteiger partial charge in [-0.1, -0.05) is 35.3 Å². The van der Waals surface area contributed by atoms with Crippen LogP contribution in [0, 0.1) is 0 Å². The van der Waals surface area contributed by atoms with Gasteiger partial charge in [0.2, 0.25) is 0 Å². The molecule has 0 fully saturated rings. The molecule has 0 aromatic heterocycles. The number of nitrogens with one attached hydrogen (secondary N) is 1. The highest BCUT2D eigenvalue weighted by molar-refractivity contribution is 6.31. The Hall–Kier alpha value is -1.50. The van der Waals surface area contributed by atoms with Gasteiger partial charge in [0.25, 0.3) is 0 Å². The average Bonchev–Trinajstić information content (AvgIpc) is 2.67. The van der Waals surface area contributed by atoms with Gasteiger partial charge in [0.05, 0.1) is 26.4 Å². The van der Waals surface area contributed by atoms with E-state index in [1.165, 1.54) is 0 Å². The summed E-state index contributed by atoms with van der Waals surface area (Å²) in [6.45, 7) is 4.99. The number of aliphatic hydroxyl groups is 1. The van der Waals surface area contributed by atoms with Crippen molar-refractivity contribution in [3.63, 3.8) is 0 Å². The van der Waals surface area contributed by atoms with Gasteiger partial charge in [0, 0.05) is 29.2 Å². The molecule has 2 N–H and O–H groups in total. The van der Waals surface area contributed by atoms with Crippen molar-refractivity contribution in [3.8, 4) is 11.5 Å². The number of hydrogen-bond donors (Lipinski definition) is 2. The highest BCUT2D eigenvalue weighted by Crippen LogP contribution is 2.34. The molecule has 2 aromatic rings. The van der Waals surface area contributed by atoms with Gasteiger partial charge in [-0.2, -0.15) is 0 Å². The molecule has 0 amide bonds. The number of rotatable bonds is 12. The lowest BCUT2D eigenvalue weighted by Crippen LogP contribution is -2.20. The first-order chi connectivity index (χ1) is 13.1. The van der Waals surface area contributed by atoms with E-state index in [9.17, 15) is 0 Å². The van der Waals surface area contributed by atoms with Gasteiger partial charge in [-0.15, -0.1) is 0 Å². The summed E-state index contributed by atoms with van der Waals surface area (Å²) in [4.78, 5) is 0. The molecule has 0 saturated heterocycles. The SMILES string of the molecule is CCOc1cc(CNCCOCCO)c(Cl)cc1OCc1ccc(Cl)cc1. The minimum Gasteiger partial charge on any atom is -0.490 e. The van der Waals surface area contributed by atoms with Crippen molar-refractivity contribution < 1.29 is 19.3 Å². The molecular weight excluding hydrogens is 389 g/mol. The number of aliphatic hydroxyl groups excluding tert-OH is 1. The Balaban J connectivity index is 1.98. The number of hydrogen-bond acceptors (Lipinski definition) is 5. The van der Waals surface area contributed by atoms with Crippen molar-refractivity contribution in [1.29, 1.82) is 0 Å². The monoisotopic (exact) mass is 413 g/mol. The largest absolute Gasteiger partial charge is 0.490 e. The van der Waals surface area contributed by atoms with E-state index in [1.807, 2.05) is 37.3 Å². The van der Waals surface area contributed by atoms with Crippen LogP contribution in [0.3, 0.4) is 0 Å². The molecule has 0 aliphatic rings. The van der Waals surface area contributed by atoms with Crippen LogP contribution in [-0.2, 0) is 17.9 Å². The summed E-state index contributed by atoms with van der Waals surface area (Å²) < 4.78 is 16.8. The fourth-order valence-electron chi connectivity index (χ4n) is 2.37. The molecule has 0 spiro atoms. The van der Waals surface area contributed by atoms with Crippen LogP contribution in [0.15, 0.2) is 36.4 Å². The van der Waals surface area contributed by atoms with Crippen LogP contribution < -0.4 is 14.8 Å². The number of benzene rings is 2. The highest BCUT2D eigenvalue weighted by atomic mass is 35.5. The van der Waals surface area contributed by atoms with E-state index in [0.29, 0.717) is 61.1 Å². The molecule has 0 aliphatic carbocycles. The Labute approximate surface area is 170 Å². The van der Waals surface area contributed by atoms with Gasteiger partial charge in [-0.05, 0) is 36.2 Å². The molecule has 5 nitrogen and oxygen atoms in total. The Morgan fingerprint density at radius 1 is 1.00 bits per heavy atom. The van der Waals surface area contributed by atoms with Crippen LogP contribution in [-0.4, -0.2) is 38.1 Å². The van der Waals surface area contributed by atoms with Crippen molar-refractivity contribution in [2.75, 3.05) is 33.0 Å². The maximum absolute atomic E-state index is 8.68. The molecule has 0 heterocycles. The predicted molar refractivity (Wildman–Crippen MR) is 108 cm³/mol. The maximum Gasteiger partial charge on any atom is 0.163 e. The van der Waals surface area contributed by atoms with Gasteiger partial charge in [0.1, 0.15) is 6.61 Å². The average molecular weight is 414 g/mol. The van der Waals surface area contributed by atoms with Crippen LogP contribution in [0.4, 0.5) is 0 Å². The van der Waals surface area contributed by atoms with E-state index in [0.717, 1.165) is 11.1 Å². The minimum atomic E-state index is 0.0288. The van der Waals surface area contributed by atoms with Crippen molar-refractivity contribution >= 4 is 23.2 Å². The molecule has 148 valence electrons. The Morgan fingerprint density at radius 3 is 2.44 bits per heavy atom. The summed E-state index contributed by atoms with van der Waals surface area (Å²) >= 11 is 12.3. The Morgan fingerprint density at radius 2 is 1.74 bits per heavy atom. The third kappa shape index (κ3) is 7.56. The smallest absolute Gasteiger partial charge is 0.163 e. The molecule has 0 bridgehead atoms.